The van der Waals surface area contributed by atoms with Crippen LogP contribution >= 0.6 is 0 Å². The minimum Gasteiger partial charge on any atom is -0.388 e. The first-order valence-electron chi connectivity index (χ1n) is 6.02. The Morgan fingerprint density at radius 2 is 2.22 bits per heavy atom. The minimum absolute atomic E-state index is 0.0115. The summed E-state index contributed by atoms with van der Waals surface area (Å²) < 4.78 is 5.10. The lowest BCUT2D eigenvalue weighted by atomic mass is 10.1. The number of ether oxygens (including phenoxy) is 1. The maximum atomic E-state index is 12.0. The molecule has 1 amide bonds. The molecule has 0 aliphatic heterocycles. The Morgan fingerprint density at radius 3 is 2.78 bits per heavy atom. The van der Waals surface area contributed by atoms with Gasteiger partial charge in [-0.15, -0.1) is 0 Å². The van der Waals surface area contributed by atoms with Gasteiger partial charge in [0.05, 0.1) is 12.6 Å². The van der Waals surface area contributed by atoms with Crippen molar-refractivity contribution in [1.29, 1.82) is 0 Å². The van der Waals surface area contributed by atoms with Crippen molar-refractivity contribution in [2.75, 3.05) is 26.1 Å². The number of aromatic nitrogens is 1. The molecule has 0 saturated carbocycles. The van der Waals surface area contributed by atoms with Crippen molar-refractivity contribution in [1.82, 2.24) is 10.3 Å². The second kappa shape index (κ2) is 6.96. The van der Waals surface area contributed by atoms with Crippen LogP contribution in [0.15, 0.2) is 18.3 Å². The third-order valence-electron chi connectivity index (χ3n) is 2.75. The summed E-state index contributed by atoms with van der Waals surface area (Å²) in [6.07, 6.45) is 1.61. The van der Waals surface area contributed by atoms with Crippen molar-refractivity contribution in [2.24, 2.45) is 5.92 Å². The molecule has 5 nitrogen and oxygen atoms in total. The van der Waals surface area contributed by atoms with Crippen LogP contribution in [0.25, 0.3) is 0 Å². The molecule has 0 saturated heterocycles. The maximum absolute atomic E-state index is 12.0. The minimum atomic E-state index is -0.178. The second-order valence-corrected chi connectivity index (χ2v) is 4.46. The topological polar surface area (TPSA) is 63.2 Å². The number of hydrogen-bond donors (Lipinski definition) is 2. The van der Waals surface area contributed by atoms with E-state index in [0.29, 0.717) is 18.2 Å². The number of nitrogens with one attached hydrogen (secondary N) is 2. The molecule has 1 heterocycles. The van der Waals surface area contributed by atoms with Crippen LogP contribution in [0.1, 0.15) is 24.3 Å². The van der Waals surface area contributed by atoms with E-state index in [-0.39, 0.29) is 11.9 Å². The Labute approximate surface area is 108 Å². The van der Waals surface area contributed by atoms with Crippen molar-refractivity contribution in [2.45, 2.75) is 19.9 Å². The number of amides is 1. The smallest absolute Gasteiger partial charge is 0.270 e. The number of nitrogens with zero attached hydrogens (tertiary/aromatic N) is 1. The Bertz CT molecular complexity index is 394. The predicted octanol–water partition coefficient (Wildman–Crippen LogP) is 1.52. The largest absolute Gasteiger partial charge is 0.388 e. The monoisotopic (exact) mass is 251 g/mol. The molecule has 18 heavy (non-hydrogen) atoms. The van der Waals surface area contributed by atoms with Gasteiger partial charge >= 0.3 is 0 Å². The fraction of sp³-hybridized carbons (Fsp3) is 0.538. The van der Waals surface area contributed by atoms with E-state index in [1.54, 1.807) is 26.4 Å². The molecule has 0 aliphatic carbocycles. The number of pyridine rings is 1. The summed E-state index contributed by atoms with van der Waals surface area (Å²) in [5.74, 6) is 0.129. The molecule has 0 spiro atoms. The van der Waals surface area contributed by atoms with E-state index in [1.165, 1.54) is 0 Å². The summed E-state index contributed by atoms with van der Waals surface area (Å²) in [7, 11) is 3.43. The molecule has 1 aromatic heterocycles. The molecule has 0 aliphatic rings. The molecule has 0 bridgehead atoms. The lowest BCUT2D eigenvalue weighted by molar-refractivity contribution is 0.0862. The van der Waals surface area contributed by atoms with Gasteiger partial charge in [-0.2, -0.15) is 0 Å². The van der Waals surface area contributed by atoms with Crippen molar-refractivity contribution in [3.8, 4) is 0 Å². The highest BCUT2D eigenvalue weighted by Crippen LogP contribution is 2.08. The van der Waals surface area contributed by atoms with Crippen molar-refractivity contribution in [3.63, 3.8) is 0 Å². The SMILES string of the molecule is CNc1ccnc(C(=O)NC(COC)C(C)C)c1. The van der Waals surface area contributed by atoms with Crippen molar-refractivity contribution >= 4 is 11.6 Å². The number of methoxy groups -OCH3 is 1. The average Bonchev–Trinajstić information content (AvgIpc) is 2.38. The van der Waals surface area contributed by atoms with Gasteiger partial charge in [-0.05, 0) is 18.1 Å². The van der Waals surface area contributed by atoms with Gasteiger partial charge in [0.25, 0.3) is 5.91 Å². The molecular formula is C13H21N3O2. The number of anilines is 1. The Morgan fingerprint density at radius 1 is 1.50 bits per heavy atom. The van der Waals surface area contributed by atoms with Gasteiger partial charge in [0.1, 0.15) is 5.69 Å². The number of carbonyl (C=O) groups excluding carboxylic acids is 1. The molecule has 100 valence electrons. The number of carbonyl (C=O) groups is 1. The zero-order valence-corrected chi connectivity index (χ0v) is 11.4. The molecule has 1 rings (SSSR count). The van der Waals surface area contributed by atoms with Gasteiger partial charge in [-0.1, -0.05) is 13.8 Å². The number of rotatable bonds is 6. The normalized spacial score (nSPS) is 12.3. The molecule has 0 fully saturated rings. The highest BCUT2D eigenvalue weighted by molar-refractivity contribution is 5.93. The van der Waals surface area contributed by atoms with Crippen LogP contribution in [-0.2, 0) is 4.74 Å². The number of hydrogen-bond acceptors (Lipinski definition) is 4. The average molecular weight is 251 g/mol. The summed E-state index contributed by atoms with van der Waals surface area (Å²) in [5, 5.41) is 5.91. The zero-order chi connectivity index (χ0) is 13.5. The highest BCUT2D eigenvalue weighted by Gasteiger charge is 2.17. The van der Waals surface area contributed by atoms with Gasteiger partial charge in [-0.3, -0.25) is 9.78 Å². The van der Waals surface area contributed by atoms with Gasteiger partial charge < -0.3 is 15.4 Å². The van der Waals surface area contributed by atoms with E-state index in [4.69, 9.17) is 4.74 Å². The Balaban J connectivity index is 2.73. The maximum Gasteiger partial charge on any atom is 0.270 e. The van der Waals surface area contributed by atoms with Gasteiger partial charge in [0.2, 0.25) is 0 Å². The summed E-state index contributed by atoms with van der Waals surface area (Å²) in [5.41, 5.74) is 1.27. The van der Waals surface area contributed by atoms with Crippen LogP contribution in [0.4, 0.5) is 5.69 Å². The van der Waals surface area contributed by atoms with Gasteiger partial charge in [0, 0.05) is 26.0 Å². The summed E-state index contributed by atoms with van der Waals surface area (Å²) in [4.78, 5) is 16.1. The van der Waals surface area contributed by atoms with E-state index >= 15 is 0 Å². The predicted molar refractivity (Wildman–Crippen MR) is 71.8 cm³/mol. The summed E-state index contributed by atoms with van der Waals surface area (Å²) in [6.45, 7) is 4.58. The van der Waals surface area contributed by atoms with Crippen LogP contribution in [0.2, 0.25) is 0 Å². The molecule has 0 aromatic carbocycles. The molecule has 1 atom stereocenters. The van der Waals surface area contributed by atoms with Crippen LogP contribution in [0.5, 0.6) is 0 Å². The van der Waals surface area contributed by atoms with E-state index in [0.717, 1.165) is 5.69 Å². The van der Waals surface area contributed by atoms with E-state index < -0.39 is 0 Å². The quantitative estimate of drug-likeness (QED) is 0.804. The first-order valence-corrected chi connectivity index (χ1v) is 6.02. The molecule has 1 aromatic rings. The van der Waals surface area contributed by atoms with Crippen LogP contribution < -0.4 is 10.6 Å². The zero-order valence-electron chi connectivity index (χ0n) is 11.4. The first kappa shape index (κ1) is 14.4. The Hall–Kier alpha value is -1.62. The van der Waals surface area contributed by atoms with E-state index in [9.17, 15) is 4.79 Å². The first-order chi connectivity index (χ1) is 8.58. The fourth-order valence-electron chi connectivity index (χ4n) is 1.53. The van der Waals surface area contributed by atoms with Crippen LogP contribution in [-0.4, -0.2) is 37.7 Å². The second-order valence-electron chi connectivity index (χ2n) is 4.46. The third kappa shape index (κ3) is 4.00. The lowest BCUT2D eigenvalue weighted by Gasteiger charge is -2.21. The van der Waals surface area contributed by atoms with Crippen LogP contribution in [0.3, 0.4) is 0 Å². The van der Waals surface area contributed by atoms with E-state index in [1.807, 2.05) is 19.9 Å². The van der Waals surface area contributed by atoms with Crippen LogP contribution in [0, 0.1) is 5.92 Å². The van der Waals surface area contributed by atoms with E-state index in [2.05, 4.69) is 15.6 Å². The fourth-order valence-corrected chi connectivity index (χ4v) is 1.53. The molecular weight excluding hydrogens is 230 g/mol. The van der Waals surface area contributed by atoms with Crippen molar-refractivity contribution < 1.29 is 9.53 Å². The molecule has 2 N–H and O–H groups in total. The lowest BCUT2D eigenvalue weighted by Crippen LogP contribution is -2.41. The standard InChI is InChI=1S/C13H21N3O2/c1-9(2)12(8-18-4)16-13(17)11-7-10(14-3)5-6-15-11/h5-7,9,12H,8H2,1-4H3,(H,14,15)(H,16,17). The van der Waals surface area contributed by atoms with Gasteiger partial charge in [0.15, 0.2) is 0 Å². The molecule has 1 unspecified atom stereocenters. The molecule has 0 radical (unpaired) electrons. The summed E-state index contributed by atoms with van der Waals surface area (Å²) in [6, 6.07) is 3.52. The van der Waals surface area contributed by atoms with Crippen molar-refractivity contribution in [3.05, 3.63) is 24.0 Å². The Kier molecular flexibility index (Phi) is 5.58. The third-order valence-corrected chi connectivity index (χ3v) is 2.75. The molecule has 5 heteroatoms. The highest BCUT2D eigenvalue weighted by atomic mass is 16.5. The summed E-state index contributed by atoms with van der Waals surface area (Å²) >= 11 is 0. The van der Waals surface area contributed by atoms with Gasteiger partial charge in [-0.25, -0.2) is 0 Å².